The Labute approximate surface area is 275 Å². The van der Waals surface area contributed by atoms with E-state index < -0.39 is 17.1 Å². The van der Waals surface area contributed by atoms with Gasteiger partial charge in [0.25, 0.3) is 0 Å². The van der Waals surface area contributed by atoms with Gasteiger partial charge in [0.1, 0.15) is 0 Å². The Kier molecular flexibility index (Phi) is 8.04. The summed E-state index contributed by atoms with van der Waals surface area (Å²) in [5.41, 5.74) is 11.7. The van der Waals surface area contributed by atoms with Crippen molar-refractivity contribution in [1.82, 2.24) is 0 Å². The van der Waals surface area contributed by atoms with Gasteiger partial charge in [-0.2, -0.15) is 0 Å². The predicted molar refractivity (Wildman–Crippen MR) is 197 cm³/mol. The number of allylic oxidation sites excluding steroid dienone is 2. The average Bonchev–Trinajstić information content (AvgIpc) is 3.64. The summed E-state index contributed by atoms with van der Waals surface area (Å²) < 4.78 is 6.33. The van der Waals surface area contributed by atoms with Crippen LogP contribution in [-0.2, 0) is 17.1 Å². The van der Waals surface area contributed by atoms with Crippen LogP contribution in [0.2, 0.25) is 9.36 Å². The number of hydrogen-bond acceptors (Lipinski definition) is 0. The molecule has 44 heavy (non-hydrogen) atoms. The third-order valence-corrected chi connectivity index (χ3v) is 34.6. The van der Waals surface area contributed by atoms with Crippen LogP contribution in [0.15, 0.2) is 133 Å². The molecule has 0 aromatic heterocycles. The van der Waals surface area contributed by atoms with Gasteiger partial charge < -0.3 is 0 Å². The Balaban J connectivity index is 0.00000171. The van der Waals surface area contributed by atoms with Crippen LogP contribution >= 0.6 is 24.8 Å². The van der Waals surface area contributed by atoms with Crippen LogP contribution in [0.3, 0.4) is 0 Å². The van der Waals surface area contributed by atoms with Crippen LogP contribution in [0.25, 0.3) is 44.8 Å². The van der Waals surface area contributed by atoms with E-state index in [1.54, 1.807) is 11.1 Å². The Morgan fingerprint density at radius 3 is 1.23 bits per heavy atom. The molecule has 8 rings (SSSR count). The summed E-state index contributed by atoms with van der Waals surface area (Å²) in [5, 5.41) is 5.52. The zero-order chi connectivity index (χ0) is 28.5. The molecule has 0 radical (unpaired) electrons. The molecular formula is C40H36Cl2HfSi. The molecule has 0 heterocycles. The SMILES string of the molecule is Cl.Cl.[CH3][Hf]([CH3])(=[SiH2])([CH]1C(c2ccccc2)=Cc2ccc3ccccc3c21)[CH]1C(c2ccccc2)=Cc2ccc3ccccc3c21. The molecule has 0 spiro atoms. The van der Waals surface area contributed by atoms with E-state index >= 15 is 0 Å². The summed E-state index contributed by atoms with van der Waals surface area (Å²) in [6, 6.07) is 49.9. The first-order valence-electron chi connectivity index (χ1n) is 15.0. The van der Waals surface area contributed by atoms with Gasteiger partial charge in [-0.15, -0.1) is 24.8 Å². The first-order chi connectivity index (χ1) is 20.4. The Morgan fingerprint density at radius 2 is 0.818 bits per heavy atom. The van der Waals surface area contributed by atoms with Crippen LogP contribution in [0.5, 0.6) is 0 Å². The Morgan fingerprint density at radius 1 is 0.455 bits per heavy atom. The monoisotopic (exact) mass is 794 g/mol. The molecule has 4 heteroatoms. The van der Waals surface area contributed by atoms with E-state index in [1.807, 2.05) is 0 Å². The van der Waals surface area contributed by atoms with Crippen molar-refractivity contribution in [2.75, 3.05) is 0 Å². The molecule has 2 aliphatic carbocycles. The van der Waals surface area contributed by atoms with Gasteiger partial charge in [-0.3, -0.25) is 0 Å². The summed E-state index contributed by atoms with van der Waals surface area (Å²) in [4.78, 5) is 0. The minimum absolute atomic E-state index is 0. The number of fused-ring (bicyclic) bond motifs is 6. The van der Waals surface area contributed by atoms with Crippen molar-refractivity contribution in [3.05, 3.63) is 167 Å². The van der Waals surface area contributed by atoms with Crippen LogP contribution in [0.1, 0.15) is 40.7 Å². The van der Waals surface area contributed by atoms with Gasteiger partial charge in [0.05, 0.1) is 0 Å². The molecule has 0 nitrogen and oxygen atoms in total. The van der Waals surface area contributed by atoms with Crippen LogP contribution < -0.4 is 0 Å². The molecule has 0 saturated carbocycles. The van der Waals surface area contributed by atoms with Crippen LogP contribution in [0, 0.1) is 0 Å². The third-order valence-electron chi connectivity index (χ3n) is 9.94. The van der Waals surface area contributed by atoms with Gasteiger partial charge in [0.15, 0.2) is 0 Å². The van der Waals surface area contributed by atoms with Gasteiger partial charge >= 0.3 is 252 Å². The van der Waals surface area contributed by atoms with E-state index in [1.165, 1.54) is 54.9 Å². The van der Waals surface area contributed by atoms with Crippen molar-refractivity contribution < 1.29 is 17.1 Å². The molecule has 0 bridgehead atoms. The minimum atomic E-state index is -4.10. The molecule has 0 fully saturated rings. The van der Waals surface area contributed by atoms with E-state index in [9.17, 15) is 0 Å². The first kappa shape index (κ1) is 31.0. The van der Waals surface area contributed by atoms with E-state index in [0.29, 0.717) is 7.35 Å². The average molecular weight is 794 g/mol. The molecule has 0 saturated heterocycles. The van der Waals surface area contributed by atoms with Gasteiger partial charge in [0.2, 0.25) is 0 Å². The van der Waals surface area contributed by atoms with Crippen molar-refractivity contribution in [3.63, 3.8) is 0 Å². The zero-order valence-corrected chi connectivity index (χ0v) is 31.7. The van der Waals surface area contributed by atoms with E-state index in [-0.39, 0.29) is 24.8 Å². The normalized spacial score (nSPS) is 17.2. The summed E-state index contributed by atoms with van der Waals surface area (Å²) in [6.07, 6.45) is 5.06. The molecular weight excluding hydrogens is 758 g/mol. The maximum absolute atomic E-state index is 4.10. The predicted octanol–water partition coefficient (Wildman–Crippen LogP) is 11.1. The fraction of sp³-hybridized carbons (Fsp3) is 0.100. The summed E-state index contributed by atoms with van der Waals surface area (Å²) in [7, 11) is 0. The van der Waals surface area contributed by atoms with E-state index in [4.69, 9.17) is 0 Å². The van der Waals surface area contributed by atoms with Crippen molar-refractivity contribution in [2.24, 2.45) is 0 Å². The number of rotatable bonds is 4. The van der Waals surface area contributed by atoms with E-state index in [0.717, 1.165) is 0 Å². The summed E-state index contributed by atoms with van der Waals surface area (Å²) >= 11 is -4.10. The van der Waals surface area contributed by atoms with Gasteiger partial charge in [0, 0.05) is 0 Å². The third kappa shape index (κ3) is 4.74. The quantitative estimate of drug-likeness (QED) is 0.156. The summed E-state index contributed by atoms with van der Waals surface area (Å²) in [5.74, 6) is 0. The van der Waals surface area contributed by atoms with Gasteiger partial charge in [-0.25, -0.2) is 0 Å². The van der Waals surface area contributed by atoms with Crippen molar-refractivity contribution >= 4 is 76.6 Å². The molecule has 6 aromatic rings. The molecule has 6 aromatic carbocycles. The summed E-state index contributed by atoms with van der Waals surface area (Å²) in [6.45, 7) is 2.45. The van der Waals surface area contributed by atoms with Crippen LogP contribution in [0.4, 0.5) is 0 Å². The zero-order valence-electron chi connectivity index (χ0n) is 25.0. The molecule has 218 valence electrons. The molecule has 0 aliphatic heterocycles. The number of hydrogen-bond donors (Lipinski definition) is 0. The standard InChI is InChI=1S/2C19H13.2CH3.2ClH.Hf.H2Si/c2*1-2-6-14(7-3-1)17-12-16-11-10-15-8-4-5-9-18(15)19(16)13-17;;;;;;/h2*1-13H;2*1H3;2*1H;;1H2. The van der Waals surface area contributed by atoms with Gasteiger partial charge in [-0.1, -0.05) is 0 Å². The molecule has 2 unspecified atom stereocenters. The van der Waals surface area contributed by atoms with E-state index in [2.05, 4.69) is 162 Å². The fourth-order valence-corrected chi connectivity index (χ4v) is 34.6. The molecule has 2 atom stereocenters. The van der Waals surface area contributed by atoms with Crippen molar-refractivity contribution in [3.8, 4) is 0 Å². The fourth-order valence-electron chi connectivity index (χ4n) is 8.23. The number of benzene rings is 6. The second kappa shape index (κ2) is 11.4. The van der Waals surface area contributed by atoms with Gasteiger partial charge in [-0.05, 0) is 0 Å². The van der Waals surface area contributed by atoms with Crippen molar-refractivity contribution in [1.29, 1.82) is 0 Å². The van der Waals surface area contributed by atoms with Crippen LogP contribution in [-0.4, -0.2) is 6.94 Å². The topological polar surface area (TPSA) is 0 Å². The molecule has 0 N–H and O–H groups in total. The number of halogens is 2. The second-order valence-electron chi connectivity index (χ2n) is 13.3. The molecule has 2 aliphatic rings. The Bertz CT molecular complexity index is 2020. The maximum atomic E-state index is 2.77. The first-order valence-corrected chi connectivity index (χ1v) is 34.7. The Hall–Kier alpha value is -3.01. The van der Waals surface area contributed by atoms with Crippen molar-refractivity contribution in [2.45, 2.75) is 16.7 Å². The second-order valence-corrected chi connectivity index (χ2v) is 56.8. The molecule has 0 amide bonds.